The van der Waals surface area contributed by atoms with E-state index in [1.165, 1.54) is 16.9 Å². The quantitative estimate of drug-likeness (QED) is 0.471. The molecule has 5 heteroatoms. The van der Waals surface area contributed by atoms with E-state index in [2.05, 4.69) is 23.3 Å². The van der Waals surface area contributed by atoms with E-state index in [0.717, 1.165) is 16.6 Å². The maximum atomic E-state index is 12.9. The monoisotopic (exact) mass is 386 g/mol. The van der Waals surface area contributed by atoms with Gasteiger partial charge in [0.05, 0.1) is 15.8 Å². The van der Waals surface area contributed by atoms with E-state index in [1.807, 2.05) is 30.3 Å². The summed E-state index contributed by atoms with van der Waals surface area (Å²) in [5.74, 6) is -0.516. The second kappa shape index (κ2) is 7.74. The predicted molar refractivity (Wildman–Crippen MR) is 113 cm³/mol. The topological polar surface area (TPSA) is 59.1 Å². The molecular weight excluding hydrogens is 368 g/mol. The molecule has 3 aromatic carbocycles. The van der Waals surface area contributed by atoms with Gasteiger partial charge in [0.2, 0.25) is 0 Å². The van der Waals surface area contributed by atoms with Crippen LogP contribution in [0.5, 0.6) is 0 Å². The van der Waals surface area contributed by atoms with Crippen LogP contribution in [-0.4, -0.2) is 16.7 Å². The first-order valence-electron chi connectivity index (χ1n) is 9.05. The number of carbonyl (C=O) groups is 2. The molecule has 0 radical (unpaired) electrons. The molecule has 0 fully saturated rings. The number of carbonyl (C=O) groups excluding carboxylic acids is 2. The Morgan fingerprint density at radius 2 is 1.64 bits per heavy atom. The summed E-state index contributed by atoms with van der Waals surface area (Å²) in [5.41, 5.74) is 3.35. The lowest BCUT2D eigenvalue weighted by Gasteiger charge is -2.08. The zero-order valence-electron chi connectivity index (χ0n) is 15.3. The maximum Gasteiger partial charge on any atom is 0.258 e. The van der Waals surface area contributed by atoms with Gasteiger partial charge in [0, 0.05) is 11.1 Å². The van der Waals surface area contributed by atoms with Crippen molar-refractivity contribution >= 4 is 38.4 Å². The van der Waals surface area contributed by atoms with Crippen LogP contribution in [0.1, 0.15) is 38.8 Å². The van der Waals surface area contributed by atoms with Crippen LogP contribution in [0.4, 0.5) is 5.13 Å². The van der Waals surface area contributed by atoms with Crippen molar-refractivity contribution in [2.45, 2.75) is 13.3 Å². The van der Waals surface area contributed by atoms with Gasteiger partial charge >= 0.3 is 0 Å². The second-order valence-corrected chi connectivity index (χ2v) is 7.40. The Balaban J connectivity index is 1.63. The summed E-state index contributed by atoms with van der Waals surface area (Å²) in [5, 5.41) is 3.37. The van der Waals surface area contributed by atoms with Crippen LogP contribution in [0.15, 0.2) is 72.8 Å². The third-order valence-corrected chi connectivity index (χ3v) is 5.47. The van der Waals surface area contributed by atoms with Crippen molar-refractivity contribution in [1.82, 2.24) is 4.98 Å². The molecule has 138 valence electrons. The molecule has 1 amide bonds. The van der Waals surface area contributed by atoms with E-state index < -0.39 is 0 Å². The second-order valence-electron chi connectivity index (χ2n) is 6.37. The van der Waals surface area contributed by atoms with E-state index in [0.29, 0.717) is 21.8 Å². The molecule has 1 heterocycles. The Morgan fingerprint density at radius 3 is 2.39 bits per heavy atom. The third kappa shape index (κ3) is 3.57. The lowest BCUT2D eigenvalue weighted by Crippen LogP contribution is -2.16. The van der Waals surface area contributed by atoms with Gasteiger partial charge in [-0.3, -0.25) is 14.9 Å². The average Bonchev–Trinajstić information content (AvgIpc) is 3.15. The summed E-state index contributed by atoms with van der Waals surface area (Å²) >= 11 is 1.43. The van der Waals surface area contributed by atoms with E-state index in [4.69, 9.17) is 0 Å². The number of anilines is 1. The van der Waals surface area contributed by atoms with Gasteiger partial charge in [-0.25, -0.2) is 4.98 Å². The summed E-state index contributed by atoms with van der Waals surface area (Å²) in [7, 11) is 0. The molecule has 4 nitrogen and oxygen atoms in total. The SMILES string of the molecule is CCc1ccc2nc(NC(=O)c3ccccc3C(=O)c3ccccc3)sc2c1. The number of amides is 1. The molecule has 0 saturated carbocycles. The maximum absolute atomic E-state index is 12.9. The number of nitrogens with zero attached hydrogens (tertiary/aromatic N) is 1. The number of fused-ring (bicyclic) bond motifs is 1. The highest BCUT2D eigenvalue weighted by atomic mass is 32.1. The molecule has 0 unspecified atom stereocenters. The predicted octanol–water partition coefficient (Wildman–Crippen LogP) is 5.34. The number of hydrogen-bond donors (Lipinski definition) is 1. The lowest BCUT2D eigenvalue weighted by atomic mass is 9.98. The van der Waals surface area contributed by atoms with Gasteiger partial charge in [-0.15, -0.1) is 0 Å². The lowest BCUT2D eigenvalue weighted by molar-refractivity contribution is 0.0996. The van der Waals surface area contributed by atoms with E-state index in [1.54, 1.807) is 36.4 Å². The molecule has 4 rings (SSSR count). The Bertz CT molecular complexity index is 1170. The number of aromatic nitrogens is 1. The summed E-state index contributed by atoms with van der Waals surface area (Å²) in [6.07, 6.45) is 0.949. The van der Waals surface area contributed by atoms with Crippen molar-refractivity contribution < 1.29 is 9.59 Å². The number of aryl methyl sites for hydroxylation is 1. The smallest absolute Gasteiger partial charge is 0.258 e. The van der Waals surface area contributed by atoms with Crippen molar-refractivity contribution in [2.24, 2.45) is 0 Å². The summed E-state index contributed by atoms with van der Waals surface area (Å²) in [6, 6.07) is 21.9. The molecule has 0 bridgehead atoms. The van der Waals surface area contributed by atoms with Crippen LogP contribution in [0, 0.1) is 0 Å². The first-order chi connectivity index (χ1) is 13.7. The molecule has 0 spiro atoms. The van der Waals surface area contributed by atoms with Gasteiger partial charge < -0.3 is 0 Å². The standard InChI is InChI=1S/C23H18N2O2S/c1-2-15-12-13-19-20(14-15)28-23(24-19)25-22(27)18-11-7-6-10-17(18)21(26)16-8-4-3-5-9-16/h3-14H,2H2,1H3,(H,24,25,27). The molecule has 0 aliphatic rings. The molecule has 4 aromatic rings. The number of thiazole rings is 1. The number of benzene rings is 3. The summed E-state index contributed by atoms with van der Waals surface area (Å²) < 4.78 is 1.03. The molecule has 0 aliphatic heterocycles. The molecule has 28 heavy (non-hydrogen) atoms. The van der Waals surface area contributed by atoms with Crippen LogP contribution >= 0.6 is 11.3 Å². The first-order valence-corrected chi connectivity index (χ1v) is 9.87. The van der Waals surface area contributed by atoms with Gasteiger partial charge in [0.15, 0.2) is 10.9 Å². The van der Waals surface area contributed by atoms with Crippen molar-refractivity contribution in [2.75, 3.05) is 5.32 Å². The van der Waals surface area contributed by atoms with Gasteiger partial charge in [0.1, 0.15) is 0 Å². The van der Waals surface area contributed by atoms with E-state index >= 15 is 0 Å². The molecule has 0 aliphatic carbocycles. The Kier molecular flexibility index (Phi) is 5.00. The zero-order valence-corrected chi connectivity index (χ0v) is 16.1. The van der Waals surface area contributed by atoms with Crippen LogP contribution in [0.2, 0.25) is 0 Å². The molecule has 0 saturated heterocycles. The van der Waals surface area contributed by atoms with Crippen molar-refractivity contribution in [3.05, 3.63) is 95.1 Å². The van der Waals surface area contributed by atoms with Crippen LogP contribution in [-0.2, 0) is 6.42 Å². The minimum atomic E-state index is -0.338. The fraction of sp³-hybridized carbons (Fsp3) is 0.0870. The largest absolute Gasteiger partial charge is 0.298 e. The van der Waals surface area contributed by atoms with Crippen molar-refractivity contribution in [3.63, 3.8) is 0 Å². The Hall–Kier alpha value is -3.31. The highest BCUT2D eigenvalue weighted by Crippen LogP contribution is 2.27. The zero-order chi connectivity index (χ0) is 19.5. The normalized spacial score (nSPS) is 10.8. The number of nitrogens with one attached hydrogen (secondary N) is 1. The van der Waals surface area contributed by atoms with Crippen molar-refractivity contribution in [3.8, 4) is 0 Å². The highest BCUT2D eigenvalue weighted by Gasteiger charge is 2.19. The highest BCUT2D eigenvalue weighted by molar-refractivity contribution is 7.22. The Labute approximate surface area is 166 Å². The van der Waals surface area contributed by atoms with Crippen LogP contribution in [0.25, 0.3) is 10.2 Å². The summed E-state index contributed by atoms with van der Waals surface area (Å²) in [6.45, 7) is 2.10. The molecule has 1 N–H and O–H groups in total. The fourth-order valence-corrected chi connectivity index (χ4v) is 3.96. The number of hydrogen-bond acceptors (Lipinski definition) is 4. The van der Waals surface area contributed by atoms with Crippen LogP contribution < -0.4 is 5.32 Å². The number of rotatable bonds is 5. The van der Waals surface area contributed by atoms with Gasteiger partial charge in [-0.05, 0) is 30.2 Å². The van der Waals surface area contributed by atoms with Gasteiger partial charge in [-0.2, -0.15) is 0 Å². The van der Waals surface area contributed by atoms with Gasteiger partial charge in [0.25, 0.3) is 5.91 Å². The van der Waals surface area contributed by atoms with E-state index in [-0.39, 0.29) is 11.7 Å². The average molecular weight is 386 g/mol. The van der Waals surface area contributed by atoms with E-state index in [9.17, 15) is 9.59 Å². The molecule has 0 atom stereocenters. The van der Waals surface area contributed by atoms with Crippen molar-refractivity contribution in [1.29, 1.82) is 0 Å². The molecular formula is C23H18N2O2S. The van der Waals surface area contributed by atoms with Gasteiger partial charge in [-0.1, -0.05) is 72.9 Å². The fourth-order valence-electron chi connectivity index (χ4n) is 3.03. The Morgan fingerprint density at radius 1 is 0.929 bits per heavy atom. The first kappa shape index (κ1) is 18.1. The number of ketones is 1. The minimum absolute atomic E-state index is 0.178. The minimum Gasteiger partial charge on any atom is -0.298 e. The third-order valence-electron chi connectivity index (χ3n) is 4.53. The van der Waals surface area contributed by atoms with Crippen LogP contribution in [0.3, 0.4) is 0 Å². The molecule has 1 aromatic heterocycles. The summed E-state index contributed by atoms with van der Waals surface area (Å²) in [4.78, 5) is 30.2.